The van der Waals surface area contributed by atoms with E-state index in [1.54, 1.807) is 7.11 Å². The van der Waals surface area contributed by atoms with Gasteiger partial charge in [0.05, 0.1) is 13.5 Å². The van der Waals surface area contributed by atoms with Crippen LogP contribution in [0.1, 0.15) is 29.5 Å². The predicted molar refractivity (Wildman–Crippen MR) is 98.3 cm³/mol. The molecule has 1 aliphatic heterocycles. The van der Waals surface area contributed by atoms with Crippen LogP contribution < -0.4 is 20.9 Å². The average molecular weight is 339 g/mol. The van der Waals surface area contributed by atoms with Crippen LogP contribution in [0.25, 0.3) is 0 Å². The molecule has 5 heteroatoms. The highest BCUT2D eigenvalue weighted by Crippen LogP contribution is 2.27. The van der Waals surface area contributed by atoms with Crippen LogP contribution in [0.3, 0.4) is 0 Å². The number of carbonyl (C=O) groups is 1. The summed E-state index contributed by atoms with van der Waals surface area (Å²) in [6.07, 6.45) is 0.226. The zero-order valence-electron chi connectivity index (χ0n) is 14.9. The molecule has 0 aliphatic carbocycles. The molecule has 2 aromatic rings. The van der Waals surface area contributed by atoms with Crippen molar-refractivity contribution in [3.05, 3.63) is 65.2 Å². The highest BCUT2D eigenvalue weighted by molar-refractivity contribution is 5.79. The summed E-state index contributed by atoms with van der Waals surface area (Å²) in [6, 6.07) is 16.2. The SMILES string of the molecule is COc1ccc(C2C(C)NNC2NC(=O)Cc2cccc(C)c2)cc1. The summed E-state index contributed by atoms with van der Waals surface area (Å²) in [5, 5.41) is 3.11. The van der Waals surface area contributed by atoms with E-state index in [4.69, 9.17) is 4.74 Å². The number of methoxy groups -OCH3 is 1. The lowest BCUT2D eigenvalue weighted by Crippen LogP contribution is -2.46. The van der Waals surface area contributed by atoms with E-state index in [1.165, 1.54) is 0 Å². The van der Waals surface area contributed by atoms with Crippen LogP contribution in [0.15, 0.2) is 48.5 Å². The lowest BCUT2D eigenvalue weighted by Gasteiger charge is -2.22. The van der Waals surface area contributed by atoms with Crippen molar-refractivity contribution in [2.75, 3.05) is 7.11 Å². The molecule has 5 nitrogen and oxygen atoms in total. The van der Waals surface area contributed by atoms with Crippen molar-refractivity contribution in [1.29, 1.82) is 0 Å². The van der Waals surface area contributed by atoms with Gasteiger partial charge in [-0.2, -0.15) is 0 Å². The van der Waals surface area contributed by atoms with Gasteiger partial charge in [0.1, 0.15) is 11.9 Å². The van der Waals surface area contributed by atoms with Crippen molar-refractivity contribution in [3.63, 3.8) is 0 Å². The summed E-state index contributed by atoms with van der Waals surface area (Å²) in [4.78, 5) is 12.5. The van der Waals surface area contributed by atoms with E-state index in [2.05, 4.69) is 23.1 Å². The predicted octanol–water partition coefficient (Wildman–Crippen LogP) is 2.27. The minimum Gasteiger partial charge on any atom is -0.497 e. The molecule has 0 spiro atoms. The Bertz CT molecular complexity index is 730. The minimum atomic E-state index is -0.152. The number of benzene rings is 2. The molecule has 3 atom stereocenters. The Kier molecular flexibility index (Phi) is 5.36. The normalized spacial score (nSPS) is 22.6. The zero-order chi connectivity index (χ0) is 17.8. The molecule has 25 heavy (non-hydrogen) atoms. The van der Waals surface area contributed by atoms with Crippen LogP contribution in [0, 0.1) is 6.92 Å². The molecular formula is C20H25N3O2. The Morgan fingerprint density at radius 1 is 1.16 bits per heavy atom. The zero-order valence-corrected chi connectivity index (χ0v) is 14.9. The molecule has 3 N–H and O–H groups in total. The maximum absolute atomic E-state index is 12.5. The van der Waals surface area contributed by atoms with Gasteiger partial charge in [-0.1, -0.05) is 42.0 Å². The fourth-order valence-corrected chi connectivity index (χ4v) is 3.35. The molecule has 1 fully saturated rings. The highest BCUT2D eigenvalue weighted by atomic mass is 16.5. The fraction of sp³-hybridized carbons (Fsp3) is 0.350. The third-order valence-electron chi connectivity index (χ3n) is 4.63. The topological polar surface area (TPSA) is 62.4 Å². The Morgan fingerprint density at radius 3 is 2.60 bits per heavy atom. The Balaban J connectivity index is 1.68. The first-order valence-corrected chi connectivity index (χ1v) is 8.57. The second-order valence-corrected chi connectivity index (χ2v) is 6.59. The van der Waals surface area contributed by atoms with Crippen molar-refractivity contribution < 1.29 is 9.53 Å². The van der Waals surface area contributed by atoms with Crippen LogP contribution in [-0.2, 0) is 11.2 Å². The van der Waals surface area contributed by atoms with Gasteiger partial charge in [0.25, 0.3) is 0 Å². The van der Waals surface area contributed by atoms with Gasteiger partial charge < -0.3 is 10.1 Å². The van der Waals surface area contributed by atoms with Gasteiger partial charge >= 0.3 is 0 Å². The molecule has 1 saturated heterocycles. The van der Waals surface area contributed by atoms with Gasteiger partial charge in [-0.3, -0.25) is 10.2 Å². The number of carbonyl (C=O) groups excluding carboxylic acids is 1. The molecule has 132 valence electrons. The maximum Gasteiger partial charge on any atom is 0.225 e. The second kappa shape index (κ2) is 7.68. The third-order valence-corrected chi connectivity index (χ3v) is 4.63. The number of ether oxygens (including phenoxy) is 1. The largest absolute Gasteiger partial charge is 0.497 e. The molecule has 1 amide bonds. The summed E-state index contributed by atoms with van der Waals surface area (Å²) in [5.74, 6) is 0.986. The number of hydrogen-bond donors (Lipinski definition) is 3. The van der Waals surface area contributed by atoms with E-state index in [-0.39, 0.29) is 24.0 Å². The van der Waals surface area contributed by atoms with Gasteiger partial charge in [-0.05, 0) is 37.1 Å². The summed E-state index contributed by atoms with van der Waals surface area (Å²) in [6.45, 7) is 4.14. The van der Waals surface area contributed by atoms with Gasteiger partial charge in [0.15, 0.2) is 0 Å². The van der Waals surface area contributed by atoms with E-state index in [9.17, 15) is 4.79 Å². The second-order valence-electron chi connectivity index (χ2n) is 6.59. The van der Waals surface area contributed by atoms with E-state index in [0.717, 1.165) is 22.4 Å². The van der Waals surface area contributed by atoms with E-state index < -0.39 is 0 Å². The number of nitrogens with one attached hydrogen (secondary N) is 3. The van der Waals surface area contributed by atoms with Gasteiger partial charge in [0.2, 0.25) is 5.91 Å². The lowest BCUT2D eigenvalue weighted by atomic mass is 9.91. The summed E-state index contributed by atoms with van der Waals surface area (Å²) in [7, 11) is 1.66. The smallest absolute Gasteiger partial charge is 0.225 e. The van der Waals surface area contributed by atoms with E-state index in [0.29, 0.717) is 6.42 Å². The van der Waals surface area contributed by atoms with Crippen LogP contribution >= 0.6 is 0 Å². The molecule has 3 unspecified atom stereocenters. The number of amides is 1. The molecule has 2 aromatic carbocycles. The Hall–Kier alpha value is -2.37. The molecular weight excluding hydrogens is 314 g/mol. The molecule has 1 aliphatic rings. The monoisotopic (exact) mass is 339 g/mol. The van der Waals surface area contributed by atoms with Crippen LogP contribution in [0.5, 0.6) is 5.75 Å². The Labute approximate surface area is 148 Å². The minimum absolute atomic E-state index is 0.0116. The first kappa shape index (κ1) is 17.5. The standard InChI is InChI=1S/C20H25N3O2/c1-13-5-4-6-15(11-13)12-18(24)21-20-19(14(2)22-23-20)16-7-9-17(25-3)10-8-16/h4-11,14,19-20,22-23H,12H2,1-3H3,(H,21,24). The molecule has 0 aromatic heterocycles. The molecule has 0 radical (unpaired) electrons. The number of hydrazine groups is 1. The van der Waals surface area contributed by atoms with Crippen molar-refractivity contribution in [3.8, 4) is 5.75 Å². The number of rotatable bonds is 5. The summed E-state index contributed by atoms with van der Waals surface area (Å²) in [5.41, 5.74) is 9.77. The van der Waals surface area contributed by atoms with Gasteiger partial charge in [-0.15, -0.1) is 0 Å². The quantitative estimate of drug-likeness (QED) is 0.782. The van der Waals surface area contributed by atoms with Crippen LogP contribution in [0.2, 0.25) is 0 Å². The number of aryl methyl sites for hydroxylation is 1. The van der Waals surface area contributed by atoms with Crippen LogP contribution in [0.4, 0.5) is 0 Å². The maximum atomic E-state index is 12.5. The van der Waals surface area contributed by atoms with E-state index >= 15 is 0 Å². The molecule has 0 saturated carbocycles. The van der Waals surface area contributed by atoms with E-state index in [1.807, 2.05) is 55.5 Å². The average Bonchev–Trinajstić information content (AvgIpc) is 2.95. The fourth-order valence-electron chi connectivity index (χ4n) is 3.35. The first-order chi connectivity index (χ1) is 12.1. The van der Waals surface area contributed by atoms with Crippen molar-refractivity contribution >= 4 is 5.91 Å². The van der Waals surface area contributed by atoms with Gasteiger partial charge in [-0.25, -0.2) is 5.43 Å². The lowest BCUT2D eigenvalue weighted by molar-refractivity contribution is -0.121. The Morgan fingerprint density at radius 2 is 1.92 bits per heavy atom. The molecule has 1 heterocycles. The molecule has 0 bridgehead atoms. The highest BCUT2D eigenvalue weighted by Gasteiger charge is 2.35. The molecule has 3 rings (SSSR count). The number of hydrogen-bond acceptors (Lipinski definition) is 4. The van der Waals surface area contributed by atoms with Gasteiger partial charge in [0, 0.05) is 12.0 Å². The summed E-state index contributed by atoms with van der Waals surface area (Å²) >= 11 is 0. The third kappa shape index (κ3) is 4.18. The van der Waals surface area contributed by atoms with Crippen molar-refractivity contribution in [1.82, 2.24) is 16.2 Å². The van der Waals surface area contributed by atoms with Crippen molar-refractivity contribution in [2.45, 2.75) is 38.4 Å². The van der Waals surface area contributed by atoms with Crippen LogP contribution in [-0.4, -0.2) is 25.2 Å². The first-order valence-electron chi connectivity index (χ1n) is 8.57. The summed E-state index contributed by atoms with van der Waals surface area (Å²) < 4.78 is 5.23. The van der Waals surface area contributed by atoms with Crippen molar-refractivity contribution in [2.24, 2.45) is 0 Å².